The fourth-order valence-electron chi connectivity index (χ4n) is 4.26. The Morgan fingerprint density at radius 2 is 1.83 bits per heavy atom. The number of carboxylic acids is 1. The molecule has 0 spiro atoms. The van der Waals surface area contributed by atoms with Crippen molar-refractivity contribution in [3.63, 3.8) is 0 Å². The highest BCUT2D eigenvalue weighted by atomic mass is 16.4. The molecule has 1 atom stereocenters. The first kappa shape index (κ1) is 19.2. The van der Waals surface area contributed by atoms with E-state index in [2.05, 4.69) is 0 Å². The molecule has 2 fully saturated rings. The molecule has 29 heavy (non-hydrogen) atoms. The molecular formula is C23H24N2O4. The van der Waals surface area contributed by atoms with Gasteiger partial charge in [0.25, 0.3) is 5.91 Å². The van der Waals surface area contributed by atoms with E-state index in [-0.39, 0.29) is 11.8 Å². The van der Waals surface area contributed by atoms with E-state index in [1.165, 1.54) is 0 Å². The highest BCUT2D eigenvalue weighted by molar-refractivity contribution is 5.99. The molecule has 2 aliphatic heterocycles. The van der Waals surface area contributed by atoms with Crippen molar-refractivity contribution in [2.24, 2.45) is 5.92 Å². The second-order valence-electron chi connectivity index (χ2n) is 7.81. The first-order valence-electron chi connectivity index (χ1n) is 10.0. The highest BCUT2D eigenvalue weighted by Gasteiger charge is 2.28. The number of aromatic carboxylic acids is 1. The van der Waals surface area contributed by atoms with Gasteiger partial charge in [0.2, 0.25) is 5.91 Å². The summed E-state index contributed by atoms with van der Waals surface area (Å²) in [6.07, 6.45) is 3.07. The van der Waals surface area contributed by atoms with Gasteiger partial charge in [0.1, 0.15) is 0 Å². The van der Waals surface area contributed by atoms with Crippen LogP contribution < -0.4 is 4.90 Å². The van der Waals surface area contributed by atoms with E-state index < -0.39 is 5.97 Å². The summed E-state index contributed by atoms with van der Waals surface area (Å²) in [4.78, 5) is 39.7. The Morgan fingerprint density at radius 1 is 1.03 bits per heavy atom. The summed E-state index contributed by atoms with van der Waals surface area (Å²) < 4.78 is 0. The summed E-state index contributed by atoms with van der Waals surface area (Å²) in [5, 5.41) is 9.15. The fraction of sp³-hybridized carbons (Fsp3) is 0.348. The Morgan fingerprint density at radius 3 is 2.59 bits per heavy atom. The van der Waals surface area contributed by atoms with Crippen molar-refractivity contribution in [3.05, 3.63) is 65.2 Å². The van der Waals surface area contributed by atoms with Crippen LogP contribution in [0.5, 0.6) is 0 Å². The van der Waals surface area contributed by atoms with Crippen molar-refractivity contribution in [1.82, 2.24) is 4.90 Å². The van der Waals surface area contributed by atoms with Crippen molar-refractivity contribution >= 4 is 23.5 Å². The number of hydrogen-bond acceptors (Lipinski definition) is 3. The number of rotatable bonds is 5. The molecule has 2 heterocycles. The van der Waals surface area contributed by atoms with Gasteiger partial charge in [-0.3, -0.25) is 9.59 Å². The summed E-state index contributed by atoms with van der Waals surface area (Å²) >= 11 is 0. The molecular weight excluding hydrogens is 368 g/mol. The highest BCUT2D eigenvalue weighted by Crippen LogP contribution is 2.26. The predicted octanol–water partition coefficient (Wildman–Crippen LogP) is 3.22. The van der Waals surface area contributed by atoms with E-state index >= 15 is 0 Å². The topological polar surface area (TPSA) is 77.9 Å². The molecule has 2 aliphatic rings. The third kappa shape index (κ3) is 4.16. The van der Waals surface area contributed by atoms with Gasteiger partial charge in [0, 0.05) is 37.3 Å². The smallest absolute Gasteiger partial charge is 0.335 e. The molecule has 6 heteroatoms. The molecule has 1 unspecified atom stereocenters. The zero-order valence-electron chi connectivity index (χ0n) is 16.2. The largest absolute Gasteiger partial charge is 0.478 e. The number of hydrogen-bond donors (Lipinski definition) is 1. The van der Waals surface area contributed by atoms with E-state index in [0.717, 1.165) is 30.5 Å². The molecule has 2 saturated heterocycles. The Hall–Kier alpha value is -3.15. The first-order valence-corrected chi connectivity index (χ1v) is 10.0. The minimum absolute atomic E-state index is 0.0136. The van der Waals surface area contributed by atoms with Gasteiger partial charge in [-0.2, -0.15) is 0 Å². The molecule has 0 aliphatic carbocycles. The molecule has 2 amide bonds. The lowest BCUT2D eigenvalue weighted by Crippen LogP contribution is -2.29. The maximum absolute atomic E-state index is 13.0. The van der Waals surface area contributed by atoms with Gasteiger partial charge in [0.15, 0.2) is 0 Å². The SMILES string of the molecule is O=C(O)c1cccc(CC2CCN(C(=O)c3cccc(N4CCCC4=O)c3)C2)c1. The summed E-state index contributed by atoms with van der Waals surface area (Å²) in [7, 11) is 0. The third-order valence-corrected chi connectivity index (χ3v) is 5.75. The number of carbonyl (C=O) groups is 3. The lowest BCUT2D eigenvalue weighted by atomic mass is 9.97. The quantitative estimate of drug-likeness (QED) is 0.848. The zero-order chi connectivity index (χ0) is 20.4. The molecule has 0 aromatic heterocycles. The second-order valence-corrected chi connectivity index (χ2v) is 7.81. The minimum Gasteiger partial charge on any atom is -0.478 e. The summed E-state index contributed by atoms with van der Waals surface area (Å²) in [6.45, 7) is 2.05. The van der Waals surface area contributed by atoms with Crippen molar-refractivity contribution in [2.45, 2.75) is 25.7 Å². The van der Waals surface area contributed by atoms with Crippen LogP contribution in [0.15, 0.2) is 48.5 Å². The number of nitrogens with zero attached hydrogens (tertiary/aromatic N) is 2. The van der Waals surface area contributed by atoms with Crippen LogP contribution in [0, 0.1) is 5.92 Å². The average Bonchev–Trinajstić information content (AvgIpc) is 3.37. The van der Waals surface area contributed by atoms with Gasteiger partial charge in [-0.15, -0.1) is 0 Å². The molecule has 0 saturated carbocycles. The van der Waals surface area contributed by atoms with Gasteiger partial charge in [-0.1, -0.05) is 18.2 Å². The maximum atomic E-state index is 13.0. The minimum atomic E-state index is -0.925. The van der Waals surface area contributed by atoms with Crippen molar-refractivity contribution < 1.29 is 19.5 Å². The number of carbonyl (C=O) groups excluding carboxylic acids is 2. The van der Waals surface area contributed by atoms with Crippen molar-refractivity contribution in [3.8, 4) is 0 Å². The molecule has 0 bridgehead atoms. The Kier molecular flexibility index (Phi) is 5.34. The van der Waals surface area contributed by atoms with Gasteiger partial charge >= 0.3 is 5.97 Å². The Bertz CT molecular complexity index is 955. The monoisotopic (exact) mass is 392 g/mol. The van der Waals surface area contributed by atoms with Crippen molar-refractivity contribution in [1.29, 1.82) is 0 Å². The molecule has 2 aromatic carbocycles. The molecule has 4 rings (SSSR count). The molecule has 150 valence electrons. The second kappa shape index (κ2) is 8.07. The van der Waals surface area contributed by atoms with E-state index in [1.54, 1.807) is 29.2 Å². The molecule has 2 aromatic rings. The van der Waals surface area contributed by atoms with Gasteiger partial charge in [-0.25, -0.2) is 4.79 Å². The van der Waals surface area contributed by atoms with Crippen LogP contribution in [0.2, 0.25) is 0 Å². The van der Waals surface area contributed by atoms with E-state index in [1.807, 2.05) is 29.2 Å². The summed E-state index contributed by atoms with van der Waals surface area (Å²) in [6, 6.07) is 14.3. The maximum Gasteiger partial charge on any atom is 0.335 e. The van der Waals surface area contributed by atoms with Crippen LogP contribution in [-0.4, -0.2) is 47.4 Å². The van der Waals surface area contributed by atoms with Crippen LogP contribution in [-0.2, 0) is 11.2 Å². The van der Waals surface area contributed by atoms with E-state index in [0.29, 0.717) is 43.1 Å². The molecule has 1 N–H and O–H groups in total. The van der Waals surface area contributed by atoms with Crippen LogP contribution in [0.1, 0.15) is 45.5 Å². The molecule has 6 nitrogen and oxygen atoms in total. The van der Waals surface area contributed by atoms with Crippen LogP contribution in [0.4, 0.5) is 5.69 Å². The average molecular weight is 392 g/mol. The zero-order valence-corrected chi connectivity index (χ0v) is 16.2. The van der Waals surface area contributed by atoms with Crippen molar-refractivity contribution in [2.75, 3.05) is 24.5 Å². The van der Waals surface area contributed by atoms with Crippen LogP contribution >= 0.6 is 0 Å². The number of amides is 2. The predicted molar refractivity (Wildman–Crippen MR) is 109 cm³/mol. The van der Waals surface area contributed by atoms with Crippen LogP contribution in [0.25, 0.3) is 0 Å². The Labute approximate surface area is 169 Å². The fourth-order valence-corrected chi connectivity index (χ4v) is 4.26. The standard InChI is InChI=1S/C23H24N2O4/c26-21-8-3-10-25(21)20-7-2-5-18(14-20)22(27)24-11-9-17(15-24)12-16-4-1-6-19(13-16)23(28)29/h1-2,4-7,13-14,17H,3,8-12,15H2,(H,28,29). The lowest BCUT2D eigenvalue weighted by molar-refractivity contribution is -0.117. The Balaban J connectivity index is 1.41. The number of carboxylic acid groups (broad SMARTS) is 1. The molecule has 0 radical (unpaired) electrons. The number of anilines is 1. The number of benzene rings is 2. The lowest BCUT2D eigenvalue weighted by Gasteiger charge is -2.19. The van der Waals surface area contributed by atoms with Gasteiger partial charge in [-0.05, 0) is 61.1 Å². The third-order valence-electron chi connectivity index (χ3n) is 5.75. The summed E-state index contributed by atoms with van der Waals surface area (Å²) in [5.41, 5.74) is 2.68. The normalized spacial score (nSPS) is 19.0. The van der Waals surface area contributed by atoms with E-state index in [9.17, 15) is 14.4 Å². The number of likely N-dealkylation sites (tertiary alicyclic amines) is 1. The summed E-state index contributed by atoms with van der Waals surface area (Å²) in [5.74, 6) is -0.516. The van der Waals surface area contributed by atoms with Gasteiger partial charge in [0.05, 0.1) is 5.56 Å². The van der Waals surface area contributed by atoms with E-state index in [4.69, 9.17) is 5.11 Å². The van der Waals surface area contributed by atoms with Gasteiger partial charge < -0.3 is 14.9 Å². The van der Waals surface area contributed by atoms with Crippen LogP contribution in [0.3, 0.4) is 0 Å². The first-order chi connectivity index (χ1) is 14.0.